The molecule has 1 rings (SSSR count). The van der Waals surface area contributed by atoms with Crippen molar-refractivity contribution >= 4 is 12.4 Å². The monoisotopic (exact) mass is 289 g/mol. The van der Waals surface area contributed by atoms with Gasteiger partial charge in [0.15, 0.2) is 11.5 Å². The van der Waals surface area contributed by atoms with E-state index in [1.165, 1.54) is 0 Å². The second-order valence-electron chi connectivity index (χ2n) is 4.31. The molecule has 0 spiro atoms. The smallest absolute Gasteiger partial charge is 0.203 e. The third kappa shape index (κ3) is 3.91. The minimum absolute atomic E-state index is 0. The summed E-state index contributed by atoms with van der Waals surface area (Å²) in [6.07, 6.45) is 1.70. The van der Waals surface area contributed by atoms with Crippen molar-refractivity contribution in [1.82, 2.24) is 0 Å². The number of aryl methyl sites for hydroxylation is 1. The number of benzene rings is 1. The van der Waals surface area contributed by atoms with E-state index in [1.807, 2.05) is 13.0 Å². The molecule has 0 aliphatic heterocycles. The lowest BCUT2D eigenvalue weighted by molar-refractivity contribution is 0.321. The average molecular weight is 290 g/mol. The van der Waals surface area contributed by atoms with Crippen LogP contribution in [0.2, 0.25) is 0 Å². The fourth-order valence-corrected chi connectivity index (χ4v) is 2.00. The highest BCUT2D eigenvalue weighted by Gasteiger charge is 2.19. The van der Waals surface area contributed by atoms with Gasteiger partial charge in [-0.3, -0.25) is 0 Å². The molecule has 0 fully saturated rings. The minimum atomic E-state index is 0. The van der Waals surface area contributed by atoms with Crippen molar-refractivity contribution < 1.29 is 14.2 Å². The Morgan fingerprint density at radius 3 is 2.11 bits per heavy atom. The van der Waals surface area contributed by atoms with Crippen molar-refractivity contribution in [3.63, 3.8) is 0 Å². The van der Waals surface area contributed by atoms with E-state index in [2.05, 4.69) is 6.92 Å². The van der Waals surface area contributed by atoms with Gasteiger partial charge in [-0.15, -0.1) is 12.4 Å². The summed E-state index contributed by atoms with van der Waals surface area (Å²) in [7, 11) is 4.87. The molecule has 0 aliphatic rings. The molecule has 1 aromatic rings. The largest absolute Gasteiger partial charge is 0.493 e. The van der Waals surface area contributed by atoms with Crippen LogP contribution in [0, 0.1) is 6.92 Å². The quantitative estimate of drug-likeness (QED) is 0.875. The molecule has 19 heavy (non-hydrogen) atoms. The second kappa shape index (κ2) is 8.12. The maximum atomic E-state index is 6.03. The highest BCUT2D eigenvalue weighted by molar-refractivity contribution is 5.85. The summed E-state index contributed by atoms with van der Waals surface area (Å²) >= 11 is 0. The first kappa shape index (κ1) is 17.9. The van der Waals surface area contributed by atoms with Crippen molar-refractivity contribution in [2.24, 2.45) is 5.73 Å². The molecule has 4 nitrogen and oxygen atoms in total. The average Bonchev–Trinajstić information content (AvgIpc) is 2.39. The van der Waals surface area contributed by atoms with Gasteiger partial charge in [0.05, 0.1) is 21.3 Å². The van der Waals surface area contributed by atoms with Gasteiger partial charge in [0, 0.05) is 11.6 Å². The molecular weight excluding hydrogens is 266 g/mol. The number of nitrogens with two attached hydrogens (primary N) is 1. The van der Waals surface area contributed by atoms with E-state index in [0.717, 1.165) is 29.7 Å². The molecule has 0 saturated heterocycles. The van der Waals surface area contributed by atoms with E-state index in [9.17, 15) is 0 Å². The van der Waals surface area contributed by atoms with Crippen LogP contribution >= 0.6 is 12.4 Å². The van der Waals surface area contributed by atoms with Crippen LogP contribution < -0.4 is 19.9 Å². The summed E-state index contributed by atoms with van der Waals surface area (Å²) in [6, 6.07) is 2.08. The Kier molecular flexibility index (Phi) is 7.64. The van der Waals surface area contributed by atoms with Gasteiger partial charge in [-0.05, 0) is 31.4 Å². The summed E-state index contributed by atoms with van der Waals surface area (Å²) in [5, 5.41) is 0. The summed E-state index contributed by atoms with van der Waals surface area (Å²) in [6.45, 7) is 4.11. The molecule has 0 heterocycles. The van der Waals surface area contributed by atoms with Crippen LogP contribution in [0.1, 0.15) is 24.5 Å². The zero-order valence-corrected chi connectivity index (χ0v) is 13.1. The predicted molar refractivity (Wildman–Crippen MR) is 80.1 cm³/mol. The van der Waals surface area contributed by atoms with Gasteiger partial charge in [0.1, 0.15) is 0 Å². The van der Waals surface area contributed by atoms with E-state index in [4.69, 9.17) is 19.9 Å². The molecule has 1 aromatic carbocycles. The normalized spacial score (nSPS) is 11.5. The highest BCUT2D eigenvalue weighted by atomic mass is 35.5. The molecule has 5 heteroatoms. The van der Waals surface area contributed by atoms with Crippen molar-refractivity contribution in [3.05, 3.63) is 17.2 Å². The fourth-order valence-electron chi connectivity index (χ4n) is 2.00. The minimum Gasteiger partial charge on any atom is -0.493 e. The third-order valence-electron chi connectivity index (χ3n) is 3.15. The van der Waals surface area contributed by atoms with Gasteiger partial charge < -0.3 is 19.9 Å². The summed E-state index contributed by atoms with van der Waals surface area (Å²) in [5.74, 6) is 2.03. The topological polar surface area (TPSA) is 53.7 Å². The first-order chi connectivity index (χ1) is 8.58. The van der Waals surface area contributed by atoms with Crippen LogP contribution in [0.3, 0.4) is 0 Å². The number of halogens is 1. The molecule has 0 radical (unpaired) electrons. The molecule has 110 valence electrons. The lowest BCUT2D eigenvalue weighted by Crippen LogP contribution is -2.22. The Labute approximate surface area is 121 Å². The van der Waals surface area contributed by atoms with Gasteiger partial charge in [-0.2, -0.15) is 0 Å². The molecular formula is C14H24ClNO3. The number of methoxy groups -OCH3 is 3. The molecule has 0 bridgehead atoms. The van der Waals surface area contributed by atoms with Crippen molar-refractivity contribution in [1.29, 1.82) is 0 Å². The lowest BCUT2D eigenvalue weighted by Gasteiger charge is -2.20. The molecule has 2 N–H and O–H groups in total. The van der Waals surface area contributed by atoms with Crippen LogP contribution in [-0.2, 0) is 6.42 Å². The number of hydrogen-bond acceptors (Lipinski definition) is 4. The van der Waals surface area contributed by atoms with Gasteiger partial charge in [-0.1, -0.05) is 6.92 Å². The van der Waals surface area contributed by atoms with E-state index in [1.54, 1.807) is 21.3 Å². The van der Waals surface area contributed by atoms with Crippen LogP contribution in [0.15, 0.2) is 6.07 Å². The summed E-state index contributed by atoms with van der Waals surface area (Å²) in [4.78, 5) is 0. The standard InChI is InChI=1S/C14H23NO3.ClH/c1-6-10(15)8-11-9(2)7-12(16-3)14(18-5)13(11)17-4;/h7,10H,6,8,15H2,1-5H3;1H. The second-order valence-corrected chi connectivity index (χ2v) is 4.31. The van der Waals surface area contributed by atoms with E-state index in [0.29, 0.717) is 11.5 Å². The molecule has 0 amide bonds. The molecule has 0 aromatic heterocycles. The van der Waals surface area contributed by atoms with Crippen molar-refractivity contribution in [2.75, 3.05) is 21.3 Å². The van der Waals surface area contributed by atoms with Gasteiger partial charge in [0.25, 0.3) is 0 Å². The highest BCUT2D eigenvalue weighted by Crippen LogP contribution is 2.42. The van der Waals surface area contributed by atoms with Crippen molar-refractivity contribution in [3.8, 4) is 17.2 Å². The Balaban J connectivity index is 0.00000324. The number of rotatable bonds is 6. The Morgan fingerprint density at radius 1 is 1.11 bits per heavy atom. The van der Waals surface area contributed by atoms with E-state index < -0.39 is 0 Å². The molecule has 0 saturated carbocycles. The maximum absolute atomic E-state index is 6.03. The first-order valence-corrected chi connectivity index (χ1v) is 6.12. The number of hydrogen-bond donors (Lipinski definition) is 1. The van der Waals surface area contributed by atoms with E-state index >= 15 is 0 Å². The van der Waals surface area contributed by atoms with Gasteiger partial charge in [0.2, 0.25) is 5.75 Å². The lowest BCUT2D eigenvalue weighted by atomic mass is 9.98. The van der Waals surface area contributed by atoms with Crippen LogP contribution in [-0.4, -0.2) is 27.4 Å². The van der Waals surface area contributed by atoms with Crippen LogP contribution in [0.4, 0.5) is 0 Å². The Morgan fingerprint density at radius 2 is 1.68 bits per heavy atom. The summed E-state index contributed by atoms with van der Waals surface area (Å²) < 4.78 is 16.2. The van der Waals surface area contributed by atoms with Gasteiger partial charge in [-0.25, -0.2) is 0 Å². The first-order valence-electron chi connectivity index (χ1n) is 6.12. The molecule has 0 aliphatic carbocycles. The zero-order chi connectivity index (χ0) is 13.7. The molecule has 1 atom stereocenters. The zero-order valence-electron chi connectivity index (χ0n) is 12.3. The van der Waals surface area contributed by atoms with Crippen molar-refractivity contribution in [2.45, 2.75) is 32.7 Å². The predicted octanol–water partition coefficient (Wildman–Crippen LogP) is 2.72. The Bertz CT molecular complexity index is 410. The third-order valence-corrected chi connectivity index (χ3v) is 3.15. The Hall–Kier alpha value is -1.13. The van der Waals surface area contributed by atoms with E-state index in [-0.39, 0.29) is 18.4 Å². The van der Waals surface area contributed by atoms with Gasteiger partial charge >= 0.3 is 0 Å². The fraction of sp³-hybridized carbons (Fsp3) is 0.571. The SMILES string of the molecule is CCC(N)Cc1c(C)cc(OC)c(OC)c1OC.Cl. The summed E-state index contributed by atoms with van der Waals surface area (Å²) in [5.41, 5.74) is 8.22. The number of ether oxygens (including phenoxy) is 3. The van der Waals surface area contributed by atoms with Crippen LogP contribution in [0.25, 0.3) is 0 Å². The molecule has 1 unspecified atom stereocenters. The van der Waals surface area contributed by atoms with Crippen LogP contribution in [0.5, 0.6) is 17.2 Å². The maximum Gasteiger partial charge on any atom is 0.203 e.